The van der Waals surface area contributed by atoms with E-state index in [1.807, 2.05) is 19.0 Å². The van der Waals surface area contributed by atoms with Gasteiger partial charge in [-0.25, -0.2) is 4.39 Å². The monoisotopic (exact) mass is 294 g/mol. The minimum absolute atomic E-state index is 0.0721. The van der Waals surface area contributed by atoms with E-state index in [-0.39, 0.29) is 17.6 Å². The van der Waals surface area contributed by atoms with Crippen molar-refractivity contribution in [3.05, 3.63) is 35.6 Å². The molecule has 0 aliphatic carbocycles. The maximum Gasteiger partial charge on any atom is 0.256 e. The van der Waals surface area contributed by atoms with Gasteiger partial charge in [-0.3, -0.25) is 4.79 Å². The summed E-state index contributed by atoms with van der Waals surface area (Å²) in [7, 11) is 3.91. The average molecular weight is 294 g/mol. The number of halogens is 1. The van der Waals surface area contributed by atoms with Crippen LogP contribution in [0, 0.1) is 5.82 Å². The van der Waals surface area contributed by atoms with Gasteiger partial charge in [-0.1, -0.05) is 12.1 Å². The SMILES string of the molecule is CN(C)CCN(C[C@@H]1CCCO1)C(=O)c1ccccc1F. The van der Waals surface area contributed by atoms with Gasteiger partial charge in [0.15, 0.2) is 0 Å². The maximum absolute atomic E-state index is 13.8. The van der Waals surface area contributed by atoms with Crippen LogP contribution in [0.4, 0.5) is 4.39 Å². The van der Waals surface area contributed by atoms with Crippen molar-refractivity contribution in [3.63, 3.8) is 0 Å². The number of carbonyl (C=O) groups excluding carboxylic acids is 1. The van der Waals surface area contributed by atoms with Gasteiger partial charge in [-0.05, 0) is 39.1 Å². The van der Waals surface area contributed by atoms with Crippen molar-refractivity contribution in [2.75, 3.05) is 40.3 Å². The molecule has 1 aliphatic rings. The molecule has 1 heterocycles. The lowest BCUT2D eigenvalue weighted by Gasteiger charge is -2.27. The summed E-state index contributed by atoms with van der Waals surface area (Å²) < 4.78 is 19.4. The molecule has 1 fully saturated rings. The largest absolute Gasteiger partial charge is 0.376 e. The van der Waals surface area contributed by atoms with E-state index < -0.39 is 5.82 Å². The molecule has 21 heavy (non-hydrogen) atoms. The number of amides is 1. The highest BCUT2D eigenvalue weighted by molar-refractivity contribution is 5.94. The molecule has 1 atom stereocenters. The molecule has 0 N–H and O–H groups in total. The molecule has 1 amide bonds. The number of benzene rings is 1. The summed E-state index contributed by atoms with van der Waals surface area (Å²) in [4.78, 5) is 16.3. The summed E-state index contributed by atoms with van der Waals surface area (Å²) in [6, 6.07) is 6.14. The first-order valence-electron chi connectivity index (χ1n) is 7.38. The minimum atomic E-state index is -0.468. The van der Waals surface area contributed by atoms with Gasteiger partial charge in [0, 0.05) is 26.2 Å². The third-order valence-electron chi connectivity index (χ3n) is 3.66. The molecule has 0 radical (unpaired) electrons. The molecule has 0 aromatic heterocycles. The Morgan fingerprint density at radius 3 is 2.71 bits per heavy atom. The van der Waals surface area contributed by atoms with Crippen molar-refractivity contribution >= 4 is 5.91 Å². The molecule has 116 valence electrons. The van der Waals surface area contributed by atoms with Crippen LogP contribution in [0.3, 0.4) is 0 Å². The van der Waals surface area contributed by atoms with Gasteiger partial charge in [-0.15, -0.1) is 0 Å². The second-order valence-electron chi connectivity index (χ2n) is 5.67. The molecule has 5 heteroatoms. The van der Waals surface area contributed by atoms with Gasteiger partial charge in [0.2, 0.25) is 0 Å². The molecular formula is C16H23FN2O2. The molecule has 1 aromatic rings. The molecule has 1 saturated heterocycles. The van der Waals surface area contributed by atoms with E-state index >= 15 is 0 Å². The standard InChI is InChI=1S/C16H23FN2O2/c1-18(2)9-10-19(12-13-6-5-11-21-13)16(20)14-7-3-4-8-15(14)17/h3-4,7-8,13H,5-6,9-12H2,1-2H3/t13-/m0/s1. The molecule has 1 aliphatic heterocycles. The average Bonchev–Trinajstić information content (AvgIpc) is 2.96. The van der Waals surface area contributed by atoms with Gasteiger partial charge in [0.25, 0.3) is 5.91 Å². The Labute approximate surface area is 125 Å². The van der Waals surface area contributed by atoms with Crippen molar-refractivity contribution in [1.82, 2.24) is 9.80 Å². The molecule has 1 aromatic carbocycles. The molecular weight excluding hydrogens is 271 g/mol. The Hall–Kier alpha value is -1.46. The van der Waals surface area contributed by atoms with E-state index in [9.17, 15) is 9.18 Å². The smallest absolute Gasteiger partial charge is 0.256 e. The lowest BCUT2D eigenvalue weighted by molar-refractivity contribution is 0.0508. The number of ether oxygens (including phenoxy) is 1. The maximum atomic E-state index is 13.8. The lowest BCUT2D eigenvalue weighted by Crippen LogP contribution is -2.41. The van der Waals surface area contributed by atoms with Gasteiger partial charge in [-0.2, -0.15) is 0 Å². The first kappa shape index (κ1) is 15.9. The highest BCUT2D eigenvalue weighted by atomic mass is 19.1. The van der Waals surface area contributed by atoms with Crippen molar-refractivity contribution in [1.29, 1.82) is 0 Å². The first-order chi connectivity index (χ1) is 10.1. The number of nitrogens with zero attached hydrogens (tertiary/aromatic N) is 2. The highest BCUT2D eigenvalue weighted by Gasteiger charge is 2.24. The molecule has 0 spiro atoms. The van der Waals surface area contributed by atoms with Crippen LogP contribution >= 0.6 is 0 Å². The van der Waals surface area contributed by atoms with Gasteiger partial charge >= 0.3 is 0 Å². The molecule has 0 bridgehead atoms. The molecule has 4 nitrogen and oxygen atoms in total. The predicted molar refractivity (Wildman–Crippen MR) is 79.8 cm³/mol. The van der Waals surface area contributed by atoms with Gasteiger partial charge in [0.05, 0.1) is 11.7 Å². The molecule has 2 rings (SSSR count). The zero-order chi connectivity index (χ0) is 15.2. The van der Waals surface area contributed by atoms with Crippen LogP contribution in [0.2, 0.25) is 0 Å². The number of hydrogen-bond acceptors (Lipinski definition) is 3. The first-order valence-corrected chi connectivity index (χ1v) is 7.38. The number of likely N-dealkylation sites (N-methyl/N-ethyl adjacent to an activating group) is 1. The predicted octanol–water partition coefficient (Wildman–Crippen LogP) is 2.01. The summed E-state index contributed by atoms with van der Waals surface area (Å²) in [6.07, 6.45) is 2.06. The Kier molecular flexibility index (Phi) is 5.70. The minimum Gasteiger partial charge on any atom is -0.376 e. The zero-order valence-electron chi connectivity index (χ0n) is 12.7. The summed E-state index contributed by atoms with van der Waals surface area (Å²) in [5.74, 6) is -0.727. The fourth-order valence-electron chi connectivity index (χ4n) is 2.44. The van der Waals surface area contributed by atoms with E-state index in [1.54, 1.807) is 17.0 Å². The molecule has 0 unspecified atom stereocenters. The second-order valence-corrected chi connectivity index (χ2v) is 5.67. The van der Waals surface area contributed by atoms with Crippen molar-refractivity contribution in [3.8, 4) is 0 Å². The Balaban J connectivity index is 2.09. The Morgan fingerprint density at radius 2 is 2.10 bits per heavy atom. The zero-order valence-corrected chi connectivity index (χ0v) is 12.7. The number of rotatable bonds is 6. The Morgan fingerprint density at radius 1 is 1.33 bits per heavy atom. The highest BCUT2D eigenvalue weighted by Crippen LogP contribution is 2.16. The van der Waals surface area contributed by atoms with Crippen LogP contribution in [0.25, 0.3) is 0 Å². The van der Waals surface area contributed by atoms with E-state index in [1.165, 1.54) is 12.1 Å². The Bertz CT molecular complexity index is 473. The van der Waals surface area contributed by atoms with E-state index in [0.717, 1.165) is 26.0 Å². The van der Waals surface area contributed by atoms with E-state index in [0.29, 0.717) is 13.1 Å². The summed E-state index contributed by atoms with van der Waals surface area (Å²) in [5, 5.41) is 0. The second kappa shape index (κ2) is 7.52. The van der Waals surface area contributed by atoms with Crippen molar-refractivity contribution in [2.45, 2.75) is 18.9 Å². The van der Waals surface area contributed by atoms with Crippen LogP contribution in [-0.2, 0) is 4.74 Å². The topological polar surface area (TPSA) is 32.8 Å². The fourth-order valence-corrected chi connectivity index (χ4v) is 2.44. The number of hydrogen-bond donors (Lipinski definition) is 0. The van der Waals surface area contributed by atoms with Crippen LogP contribution in [-0.4, -0.2) is 62.1 Å². The summed E-state index contributed by atoms with van der Waals surface area (Å²) >= 11 is 0. The summed E-state index contributed by atoms with van der Waals surface area (Å²) in [5.41, 5.74) is 0.134. The molecule has 0 saturated carbocycles. The van der Waals surface area contributed by atoms with Crippen LogP contribution < -0.4 is 0 Å². The fraction of sp³-hybridized carbons (Fsp3) is 0.562. The number of carbonyl (C=O) groups is 1. The van der Waals surface area contributed by atoms with Crippen molar-refractivity contribution < 1.29 is 13.9 Å². The summed E-state index contributed by atoms with van der Waals surface area (Å²) in [6.45, 7) is 2.59. The van der Waals surface area contributed by atoms with Crippen LogP contribution in [0.5, 0.6) is 0 Å². The van der Waals surface area contributed by atoms with Gasteiger partial charge in [0.1, 0.15) is 5.82 Å². The van der Waals surface area contributed by atoms with Crippen molar-refractivity contribution in [2.24, 2.45) is 0 Å². The van der Waals surface area contributed by atoms with E-state index in [4.69, 9.17) is 4.74 Å². The normalized spacial score (nSPS) is 18.2. The third kappa shape index (κ3) is 4.51. The quantitative estimate of drug-likeness (QED) is 0.804. The van der Waals surface area contributed by atoms with Crippen LogP contribution in [0.15, 0.2) is 24.3 Å². The third-order valence-corrected chi connectivity index (χ3v) is 3.66. The van der Waals surface area contributed by atoms with E-state index in [2.05, 4.69) is 0 Å². The van der Waals surface area contributed by atoms with Crippen LogP contribution in [0.1, 0.15) is 23.2 Å². The van der Waals surface area contributed by atoms with Gasteiger partial charge < -0.3 is 14.5 Å². The lowest BCUT2D eigenvalue weighted by atomic mass is 10.1.